The van der Waals surface area contributed by atoms with Gasteiger partial charge in [-0.3, -0.25) is 0 Å². The highest BCUT2D eigenvalue weighted by atomic mass is 15.0. The normalized spacial score (nSPS) is 20.3. The highest BCUT2D eigenvalue weighted by Crippen LogP contribution is 2.41. The molecule has 1 heterocycles. The van der Waals surface area contributed by atoms with Crippen LogP contribution in [0.1, 0.15) is 54.4 Å². The van der Waals surface area contributed by atoms with Gasteiger partial charge in [-0.05, 0) is 49.3 Å². The van der Waals surface area contributed by atoms with Crippen molar-refractivity contribution in [3.8, 4) is 0 Å². The molecule has 0 saturated carbocycles. The number of hydrogen-bond donors (Lipinski definition) is 1. The molecular formula is C19H26N2. The smallest absolute Gasteiger partial charge is 0.0475 e. The van der Waals surface area contributed by atoms with Crippen LogP contribution < -0.4 is 5.73 Å². The van der Waals surface area contributed by atoms with E-state index in [0.29, 0.717) is 5.41 Å². The van der Waals surface area contributed by atoms with Crippen LogP contribution in [0.25, 0.3) is 0 Å². The van der Waals surface area contributed by atoms with Crippen molar-refractivity contribution in [3.05, 3.63) is 58.4 Å². The maximum Gasteiger partial charge on any atom is 0.0475 e. The molecule has 0 radical (unpaired) electrons. The van der Waals surface area contributed by atoms with E-state index in [9.17, 15) is 0 Å². The van der Waals surface area contributed by atoms with Crippen molar-refractivity contribution < 1.29 is 0 Å². The van der Waals surface area contributed by atoms with Gasteiger partial charge in [-0.15, -0.1) is 0 Å². The average Bonchev–Trinajstić information content (AvgIpc) is 2.66. The first-order chi connectivity index (χ1) is 9.85. The Morgan fingerprint density at radius 3 is 2.71 bits per heavy atom. The number of benzene rings is 1. The van der Waals surface area contributed by atoms with Crippen LogP contribution >= 0.6 is 0 Å². The lowest BCUT2D eigenvalue weighted by Gasteiger charge is -2.34. The molecule has 21 heavy (non-hydrogen) atoms. The van der Waals surface area contributed by atoms with Gasteiger partial charge in [-0.2, -0.15) is 0 Å². The molecule has 2 N–H and O–H groups in total. The number of nitrogens with two attached hydrogens (primary N) is 1. The van der Waals surface area contributed by atoms with Gasteiger partial charge in [0.05, 0.1) is 0 Å². The molecule has 1 aromatic carbocycles. The van der Waals surface area contributed by atoms with Crippen LogP contribution in [0.3, 0.4) is 0 Å². The molecule has 2 aromatic rings. The molecule has 0 saturated heterocycles. The molecule has 0 amide bonds. The van der Waals surface area contributed by atoms with Crippen LogP contribution in [0.5, 0.6) is 0 Å². The fourth-order valence-electron chi connectivity index (χ4n) is 3.72. The average molecular weight is 282 g/mol. The van der Waals surface area contributed by atoms with Gasteiger partial charge >= 0.3 is 0 Å². The van der Waals surface area contributed by atoms with Crippen LogP contribution in [0.15, 0.2) is 30.3 Å². The lowest BCUT2D eigenvalue weighted by Crippen LogP contribution is -2.30. The summed E-state index contributed by atoms with van der Waals surface area (Å²) in [6.45, 7) is 9.96. The predicted octanol–water partition coefficient (Wildman–Crippen LogP) is 4.13. The summed E-state index contributed by atoms with van der Waals surface area (Å²) in [5.41, 5.74) is 13.5. The Balaban J connectivity index is 2.00. The lowest BCUT2D eigenvalue weighted by molar-refractivity contribution is 0.276. The summed E-state index contributed by atoms with van der Waals surface area (Å²) in [5.74, 6) is 0. The van der Waals surface area contributed by atoms with Crippen molar-refractivity contribution in [2.75, 3.05) is 0 Å². The summed E-state index contributed by atoms with van der Waals surface area (Å²) in [7, 11) is 0. The topological polar surface area (TPSA) is 30.9 Å². The first kappa shape index (κ1) is 14.4. The van der Waals surface area contributed by atoms with E-state index < -0.39 is 0 Å². The highest BCUT2D eigenvalue weighted by molar-refractivity contribution is 5.35. The number of nitrogens with zero attached hydrogens (tertiary/aromatic N) is 1. The Bertz CT molecular complexity index is 664. The van der Waals surface area contributed by atoms with E-state index in [1.165, 1.54) is 28.1 Å². The summed E-state index contributed by atoms with van der Waals surface area (Å²) in [5, 5.41) is 0. The van der Waals surface area contributed by atoms with Crippen molar-refractivity contribution in [1.82, 2.24) is 4.57 Å². The molecule has 0 fully saturated rings. The predicted molar refractivity (Wildman–Crippen MR) is 88.5 cm³/mol. The molecule has 1 unspecified atom stereocenters. The molecule has 1 aliphatic carbocycles. The van der Waals surface area contributed by atoms with E-state index >= 15 is 0 Å². The minimum atomic E-state index is 0.182. The molecule has 1 atom stereocenters. The highest BCUT2D eigenvalue weighted by Gasteiger charge is 2.33. The van der Waals surface area contributed by atoms with Gasteiger partial charge in [0.15, 0.2) is 0 Å². The maximum absolute atomic E-state index is 6.41. The Kier molecular flexibility index (Phi) is 3.45. The fraction of sp³-hybridized carbons (Fsp3) is 0.474. The van der Waals surface area contributed by atoms with Gasteiger partial charge in [0.1, 0.15) is 0 Å². The Morgan fingerprint density at radius 1 is 1.24 bits per heavy atom. The zero-order valence-electron chi connectivity index (χ0n) is 13.6. The Labute approximate surface area is 128 Å². The van der Waals surface area contributed by atoms with Crippen LogP contribution in [-0.4, -0.2) is 4.57 Å². The second kappa shape index (κ2) is 5.03. The Morgan fingerprint density at radius 2 is 2.00 bits per heavy atom. The summed E-state index contributed by atoms with van der Waals surface area (Å²) >= 11 is 0. The summed E-state index contributed by atoms with van der Waals surface area (Å²) in [6, 6.07) is 11.3. The van der Waals surface area contributed by atoms with Crippen molar-refractivity contribution in [2.45, 2.75) is 53.1 Å². The van der Waals surface area contributed by atoms with Crippen LogP contribution in [-0.2, 0) is 13.0 Å². The van der Waals surface area contributed by atoms with E-state index in [-0.39, 0.29) is 6.04 Å². The van der Waals surface area contributed by atoms with Crippen LogP contribution in [0.4, 0.5) is 0 Å². The second-order valence-electron chi connectivity index (χ2n) is 7.41. The molecular weight excluding hydrogens is 256 g/mol. The van der Waals surface area contributed by atoms with E-state index in [0.717, 1.165) is 19.4 Å². The molecule has 0 aliphatic heterocycles. The van der Waals surface area contributed by atoms with E-state index in [2.05, 4.69) is 62.6 Å². The molecule has 0 spiro atoms. The van der Waals surface area contributed by atoms with E-state index in [4.69, 9.17) is 5.73 Å². The molecule has 112 valence electrons. The third-order valence-corrected chi connectivity index (χ3v) is 4.69. The monoisotopic (exact) mass is 282 g/mol. The summed E-state index contributed by atoms with van der Waals surface area (Å²) < 4.78 is 2.46. The minimum Gasteiger partial charge on any atom is -0.344 e. The van der Waals surface area contributed by atoms with Gasteiger partial charge in [0.25, 0.3) is 0 Å². The van der Waals surface area contributed by atoms with Gasteiger partial charge in [0.2, 0.25) is 0 Å². The fourth-order valence-corrected chi connectivity index (χ4v) is 3.72. The summed E-state index contributed by atoms with van der Waals surface area (Å²) in [6.07, 6.45) is 2.20. The number of rotatable bonds is 2. The molecule has 2 nitrogen and oxygen atoms in total. The van der Waals surface area contributed by atoms with Gasteiger partial charge in [0, 0.05) is 24.0 Å². The number of fused-ring (bicyclic) bond motifs is 1. The van der Waals surface area contributed by atoms with Crippen molar-refractivity contribution in [3.63, 3.8) is 0 Å². The number of aryl methyl sites for hydroxylation is 2. The van der Waals surface area contributed by atoms with Crippen LogP contribution in [0.2, 0.25) is 0 Å². The summed E-state index contributed by atoms with van der Waals surface area (Å²) in [4.78, 5) is 0. The van der Waals surface area contributed by atoms with E-state index in [1.807, 2.05) is 0 Å². The lowest BCUT2D eigenvalue weighted by atomic mass is 9.74. The molecule has 0 bridgehead atoms. The molecule has 3 rings (SSSR count). The second-order valence-corrected chi connectivity index (χ2v) is 7.41. The number of hydrogen-bond acceptors (Lipinski definition) is 1. The molecule has 1 aliphatic rings. The minimum absolute atomic E-state index is 0.182. The number of aromatic nitrogens is 1. The largest absolute Gasteiger partial charge is 0.344 e. The first-order valence-corrected chi connectivity index (χ1v) is 7.86. The van der Waals surface area contributed by atoms with Crippen molar-refractivity contribution >= 4 is 0 Å². The van der Waals surface area contributed by atoms with Gasteiger partial charge in [-0.1, -0.05) is 43.7 Å². The van der Waals surface area contributed by atoms with Crippen LogP contribution in [0, 0.1) is 19.3 Å². The third-order valence-electron chi connectivity index (χ3n) is 4.69. The standard InChI is InChI=1S/C19H26N2/c1-13-6-5-7-15(8-13)12-21-14(2)9-16-17(20)10-19(3,4)11-18(16)21/h5-9,17H,10-12,20H2,1-4H3. The zero-order valence-corrected chi connectivity index (χ0v) is 13.6. The maximum atomic E-state index is 6.41. The SMILES string of the molecule is Cc1cccc(Cn2c(C)cc3c2CC(C)(C)CC3N)c1. The van der Waals surface area contributed by atoms with Gasteiger partial charge < -0.3 is 10.3 Å². The molecule has 1 aromatic heterocycles. The third kappa shape index (κ3) is 2.77. The molecule has 2 heteroatoms. The van der Waals surface area contributed by atoms with Crippen molar-refractivity contribution in [2.24, 2.45) is 11.1 Å². The van der Waals surface area contributed by atoms with Crippen molar-refractivity contribution in [1.29, 1.82) is 0 Å². The Hall–Kier alpha value is -1.54. The van der Waals surface area contributed by atoms with Gasteiger partial charge in [-0.25, -0.2) is 0 Å². The quantitative estimate of drug-likeness (QED) is 0.882. The van der Waals surface area contributed by atoms with E-state index in [1.54, 1.807) is 0 Å². The zero-order chi connectivity index (χ0) is 15.2. The first-order valence-electron chi connectivity index (χ1n) is 7.86.